The number of carbonyl (C=O) groups is 1. The summed E-state index contributed by atoms with van der Waals surface area (Å²) in [5.74, 6) is 1.78. The zero-order valence-corrected chi connectivity index (χ0v) is 21.0. The van der Waals surface area contributed by atoms with E-state index >= 15 is 0 Å². The summed E-state index contributed by atoms with van der Waals surface area (Å²) in [5.41, 5.74) is 6.11. The molecule has 6 rings (SSSR count). The first kappa shape index (κ1) is 22.4. The molecule has 1 N–H and O–H groups in total. The second-order valence-corrected chi connectivity index (χ2v) is 10.9. The number of nitrogens with zero attached hydrogens (tertiary/aromatic N) is 2. The Kier molecular flexibility index (Phi) is 4.97. The van der Waals surface area contributed by atoms with Gasteiger partial charge in [0.05, 0.1) is 0 Å². The Hall–Kier alpha value is -4.06. The van der Waals surface area contributed by atoms with Gasteiger partial charge >= 0.3 is 6.03 Å². The first-order chi connectivity index (χ1) is 17.2. The third-order valence-electron chi connectivity index (χ3n) is 6.66. The monoisotopic (exact) mass is 479 g/mol. The van der Waals surface area contributed by atoms with Gasteiger partial charge in [0.25, 0.3) is 0 Å². The molecule has 3 heterocycles. The fraction of sp³-hybridized carbons (Fsp3) is 0.267. The molecule has 1 aromatic heterocycles. The lowest BCUT2D eigenvalue weighted by Gasteiger charge is -2.16. The van der Waals surface area contributed by atoms with Crippen LogP contribution in [-0.2, 0) is 12.8 Å². The summed E-state index contributed by atoms with van der Waals surface area (Å²) in [6, 6.07) is 21.6. The van der Waals surface area contributed by atoms with Gasteiger partial charge in [-0.05, 0) is 75.2 Å². The molecule has 0 spiro atoms. The zero-order chi connectivity index (χ0) is 25.1. The van der Waals surface area contributed by atoms with Crippen molar-refractivity contribution in [3.05, 3.63) is 84.1 Å². The number of fused-ring (bicyclic) bond motifs is 2. The minimum atomic E-state index is -0.317. The van der Waals surface area contributed by atoms with Gasteiger partial charge in [0.2, 0.25) is 0 Å². The third kappa shape index (κ3) is 4.13. The van der Waals surface area contributed by atoms with E-state index in [-0.39, 0.29) is 17.2 Å². The smallest absolute Gasteiger partial charge is 0.346 e. The molecule has 0 bridgehead atoms. The van der Waals surface area contributed by atoms with Crippen LogP contribution in [0.4, 0.5) is 10.5 Å². The highest BCUT2D eigenvalue weighted by atomic mass is 16.5. The molecule has 0 aliphatic carbocycles. The van der Waals surface area contributed by atoms with Gasteiger partial charge < -0.3 is 14.8 Å². The van der Waals surface area contributed by atoms with Crippen LogP contribution < -0.4 is 14.8 Å². The van der Waals surface area contributed by atoms with Crippen molar-refractivity contribution >= 4 is 11.7 Å². The summed E-state index contributed by atoms with van der Waals surface area (Å²) in [5, 5.41) is 7.75. The summed E-state index contributed by atoms with van der Waals surface area (Å²) >= 11 is 0. The maximum atomic E-state index is 13.3. The average Bonchev–Trinajstić information content (AvgIpc) is 3.49. The molecule has 0 radical (unpaired) electrons. The van der Waals surface area contributed by atoms with E-state index in [1.807, 2.05) is 60.7 Å². The largest absolute Gasteiger partial charge is 0.487 e. The summed E-state index contributed by atoms with van der Waals surface area (Å²) in [7, 11) is 0. The summed E-state index contributed by atoms with van der Waals surface area (Å²) < 4.78 is 13.4. The lowest BCUT2D eigenvalue weighted by molar-refractivity contribution is 0.138. The average molecular weight is 480 g/mol. The normalized spacial score (nSPS) is 16.6. The molecular formula is C30H29N3O3. The van der Waals surface area contributed by atoms with E-state index in [1.54, 1.807) is 6.20 Å². The van der Waals surface area contributed by atoms with Crippen LogP contribution in [0.1, 0.15) is 38.8 Å². The van der Waals surface area contributed by atoms with Gasteiger partial charge in [-0.2, -0.15) is 9.78 Å². The van der Waals surface area contributed by atoms with Crippen molar-refractivity contribution in [3.63, 3.8) is 0 Å². The van der Waals surface area contributed by atoms with Gasteiger partial charge in [0.15, 0.2) is 0 Å². The highest BCUT2D eigenvalue weighted by Gasteiger charge is 2.31. The molecule has 182 valence electrons. The number of hydrogen-bond donors (Lipinski definition) is 1. The lowest BCUT2D eigenvalue weighted by atomic mass is 9.97. The first-order valence-corrected chi connectivity index (χ1v) is 12.3. The second kappa shape index (κ2) is 7.98. The summed E-state index contributed by atoms with van der Waals surface area (Å²) in [6.07, 6.45) is 3.43. The maximum Gasteiger partial charge on any atom is 0.346 e. The molecule has 0 unspecified atom stereocenters. The van der Waals surface area contributed by atoms with Crippen LogP contribution in [0.15, 0.2) is 72.9 Å². The number of hydrogen-bond acceptors (Lipinski definition) is 4. The number of amides is 1. The Bertz CT molecular complexity index is 1480. The number of rotatable bonds is 3. The number of carbonyl (C=O) groups excluding carboxylic acids is 1. The third-order valence-corrected chi connectivity index (χ3v) is 6.66. The molecule has 0 saturated carbocycles. The van der Waals surface area contributed by atoms with Crippen LogP contribution in [-0.4, -0.2) is 27.0 Å². The Morgan fingerprint density at radius 2 is 1.47 bits per heavy atom. The highest BCUT2D eigenvalue weighted by Crippen LogP contribution is 2.39. The van der Waals surface area contributed by atoms with Gasteiger partial charge in [-0.1, -0.05) is 30.3 Å². The van der Waals surface area contributed by atoms with Crippen LogP contribution in [0.2, 0.25) is 0 Å². The van der Waals surface area contributed by atoms with Crippen molar-refractivity contribution < 1.29 is 14.3 Å². The molecule has 2 aliphatic rings. The van der Waals surface area contributed by atoms with E-state index in [9.17, 15) is 4.79 Å². The van der Waals surface area contributed by atoms with Gasteiger partial charge in [-0.25, -0.2) is 4.79 Å². The molecular weight excluding hydrogens is 450 g/mol. The molecule has 36 heavy (non-hydrogen) atoms. The van der Waals surface area contributed by atoms with Gasteiger partial charge in [-0.3, -0.25) is 0 Å². The van der Waals surface area contributed by atoms with E-state index in [0.29, 0.717) is 0 Å². The Balaban J connectivity index is 1.34. The van der Waals surface area contributed by atoms with Crippen molar-refractivity contribution in [2.24, 2.45) is 0 Å². The lowest BCUT2D eigenvalue weighted by Crippen LogP contribution is -2.24. The Morgan fingerprint density at radius 1 is 0.833 bits per heavy atom. The summed E-state index contributed by atoms with van der Waals surface area (Å²) in [4.78, 5) is 13.3. The first-order valence-electron chi connectivity index (χ1n) is 12.3. The van der Waals surface area contributed by atoms with Crippen LogP contribution in [0.3, 0.4) is 0 Å². The maximum absolute atomic E-state index is 13.3. The van der Waals surface area contributed by atoms with Crippen LogP contribution in [0.5, 0.6) is 11.5 Å². The molecule has 6 nitrogen and oxygen atoms in total. The Labute approximate surface area is 210 Å². The van der Waals surface area contributed by atoms with Crippen LogP contribution >= 0.6 is 0 Å². The van der Waals surface area contributed by atoms with E-state index in [1.165, 1.54) is 4.68 Å². The SMILES string of the molecule is CC1(C)Cc2cc(NC(=O)n3cc(-c4ccccc4)c(-c4ccc5c(c4)CC(C)(C)O5)n3)ccc2O1. The summed E-state index contributed by atoms with van der Waals surface area (Å²) in [6.45, 7) is 8.31. The number of aromatic nitrogens is 2. The topological polar surface area (TPSA) is 65.4 Å². The number of nitrogens with one attached hydrogen (secondary N) is 1. The molecule has 1 amide bonds. The molecule has 3 aromatic carbocycles. The second-order valence-electron chi connectivity index (χ2n) is 10.9. The van der Waals surface area contributed by atoms with E-state index < -0.39 is 0 Å². The van der Waals surface area contributed by atoms with Crippen molar-refractivity contribution in [1.82, 2.24) is 9.78 Å². The number of anilines is 1. The van der Waals surface area contributed by atoms with Gasteiger partial charge in [-0.15, -0.1) is 0 Å². The standard InChI is InChI=1S/C30H29N3O3/c1-29(2)16-21-14-20(10-12-25(21)35-29)27-24(19-8-6-5-7-9-19)18-33(32-27)28(34)31-23-11-13-26-22(15-23)17-30(3,4)36-26/h5-15,18H,16-17H2,1-4H3,(H,31,34). The molecule has 0 fully saturated rings. The predicted octanol–water partition coefficient (Wildman–Crippen LogP) is 6.72. The molecule has 2 aliphatic heterocycles. The van der Waals surface area contributed by atoms with E-state index in [0.717, 1.165) is 63.5 Å². The predicted molar refractivity (Wildman–Crippen MR) is 141 cm³/mol. The van der Waals surface area contributed by atoms with Crippen LogP contribution in [0.25, 0.3) is 22.4 Å². The molecule has 0 atom stereocenters. The highest BCUT2D eigenvalue weighted by molar-refractivity contribution is 5.93. The van der Waals surface area contributed by atoms with Crippen LogP contribution in [0, 0.1) is 0 Å². The van der Waals surface area contributed by atoms with E-state index in [4.69, 9.17) is 14.6 Å². The quantitative estimate of drug-likeness (QED) is 0.354. The fourth-order valence-corrected chi connectivity index (χ4v) is 5.15. The minimum absolute atomic E-state index is 0.224. The zero-order valence-electron chi connectivity index (χ0n) is 21.0. The minimum Gasteiger partial charge on any atom is -0.487 e. The number of ether oxygens (including phenoxy) is 2. The molecule has 6 heteroatoms. The Morgan fingerprint density at radius 3 is 2.17 bits per heavy atom. The fourth-order valence-electron chi connectivity index (χ4n) is 5.15. The molecule has 0 saturated heterocycles. The van der Waals surface area contributed by atoms with Crippen molar-refractivity contribution in [2.75, 3.05) is 5.32 Å². The van der Waals surface area contributed by atoms with Gasteiger partial charge in [0, 0.05) is 41.4 Å². The van der Waals surface area contributed by atoms with Crippen molar-refractivity contribution in [2.45, 2.75) is 51.7 Å². The van der Waals surface area contributed by atoms with E-state index in [2.05, 4.69) is 39.1 Å². The van der Waals surface area contributed by atoms with Gasteiger partial charge in [0.1, 0.15) is 28.4 Å². The number of benzene rings is 3. The molecule has 4 aromatic rings. The van der Waals surface area contributed by atoms with Crippen molar-refractivity contribution in [3.8, 4) is 33.9 Å². The van der Waals surface area contributed by atoms with Crippen molar-refractivity contribution in [1.29, 1.82) is 0 Å².